The summed E-state index contributed by atoms with van der Waals surface area (Å²) in [6, 6.07) is 10.8. The summed E-state index contributed by atoms with van der Waals surface area (Å²) in [7, 11) is 3.32. The van der Waals surface area contributed by atoms with Gasteiger partial charge in [0.25, 0.3) is 0 Å². The zero-order valence-corrected chi connectivity index (χ0v) is 22.2. The van der Waals surface area contributed by atoms with Crippen molar-refractivity contribution in [2.24, 2.45) is 0 Å². The molecule has 6 nitrogen and oxygen atoms in total. The van der Waals surface area contributed by atoms with E-state index in [1.54, 1.807) is 26.4 Å². The third-order valence-electron chi connectivity index (χ3n) is 7.39. The summed E-state index contributed by atoms with van der Waals surface area (Å²) in [5, 5.41) is 13.7. The maximum atomic E-state index is 14.2. The first-order valence-electron chi connectivity index (χ1n) is 12.4. The second-order valence-electron chi connectivity index (χ2n) is 9.56. The van der Waals surface area contributed by atoms with Crippen LogP contribution in [0.25, 0.3) is 0 Å². The number of methoxy groups -OCH3 is 1. The number of halogens is 2. The molecule has 0 amide bonds. The number of piperazine rings is 1. The highest BCUT2D eigenvalue weighted by atomic mass is 79.9. The Bertz CT molecular complexity index is 978. The van der Waals surface area contributed by atoms with Gasteiger partial charge in [0.15, 0.2) is 11.5 Å². The Morgan fingerprint density at radius 3 is 2.40 bits per heavy atom. The Hall–Kier alpha value is -1.71. The van der Waals surface area contributed by atoms with Crippen LogP contribution in [0.1, 0.15) is 49.1 Å². The van der Waals surface area contributed by atoms with Gasteiger partial charge in [-0.15, -0.1) is 0 Å². The van der Waals surface area contributed by atoms with Crippen LogP contribution in [0.15, 0.2) is 40.9 Å². The van der Waals surface area contributed by atoms with Gasteiger partial charge in [-0.05, 0) is 42.7 Å². The van der Waals surface area contributed by atoms with Crippen LogP contribution >= 0.6 is 15.9 Å². The molecule has 2 aromatic rings. The van der Waals surface area contributed by atoms with Gasteiger partial charge in [-0.3, -0.25) is 4.90 Å². The Morgan fingerprint density at radius 1 is 1.00 bits per heavy atom. The lowest BCUT2D eigenvalue weighted by molar-refractivity contribution is -0.153. The van der Waals surface area contributed by atoms with Crippen LogP contribution in [0.5, 0.6) is 11.5 Å². The van der Waals surface area contributed by atoms with Gasteiger partial charge in [0.1, 0.15) is 12.4 Å². The lowest BCUT2D eigenvalue weighted by Gasteiger charge is -2.43. The maximum Gasteiger partial charge on any atom is 0.161 e. The summed E-state index contributed by atoms with van der Waals surface area (Å²) >= 11 is 3.28. The number of rotatable bonds is 9. The summed E-state index contributed by atoms with van der Waals surface area (Å²) in [5.41, 5.74) is 0.774. The highest BCUT2D eigenvalue weighted by molar-refractivity contribution is 9.10. The summed E-state index contributed by atoms with van der Waals surface area (Å²) in [6.45, 7) is 4.39. The van der Waals surface area contributed by atoms with Gasteiger partial charge in [0, 0.05) is 48.7 Å². The topological polar surface area (TPSA) is 54.4 Å². The Kier molecular flexibility index (Phi) is 9.05. The molecular formula is C27H36BrFN2O4. The minimum Gasteiger partial charge on any atom is -0.493 e. The Balaban J connectivity index is 1.54. The molecule has 1 aliphatic carbocycles. The van der Waals surface area contributed by atoms with Crippen molar-refractivity contribution in [2.75, 3.05) is 46.9 Å². The number of ether oxygens (including phenoxy) is 2. The third-order valence-corrected chi connectivity index (χ3v) is 7.88. The first kappa shape index (κ1) is 26.4. The highest BCUT2D eigenvalue weighted by Gasteiger charge is 2.40. The molecule has 0 radical (unpaired) electrons. The van der Waals surface area contributed by atoms with Crippen molar-refractivity contribution in [2.45, 2.75) is 50.2 Å². The number of hydroxylamine groups is 2. The molecule has 1 unspecified atom stereocenters. The first-order chi connectivity index (χ1) is 16.9. The molecule has 1 saturated heterocycles. The zero-order chi connectivity index (χ0) is 24.8. The van der Waals surface area contributed by atoms with E-state index < -0.39 is 5.60 Å². The van der Waals surface area contributed by atoms with Gasteiger partial charge in [0.2, 0.25) is 0 Å². The summed E-state index contributed by atoms with van der Waals surface area (Å²) in [4.78, 5) is 7.79. The first-order valence-corrected chi connectivity index (χ1v) is 13.2. The normalized spacial score (nSPS) is 19.9. The molecule has 192 valence electrons. The van der Waals surface area contributed by atoms with E-state index in [2.05, 4.69) is 20.8 Å². The van der Waals surface area contributed by atoms with E-state index >= 15 is 0 Å². The smallest absolute Gasteiger partial charge is 0.161 e. The second-order valence-corrected chi connectivity index (χ2v) is 10.5. The van der Waals surface area contributed by atoms with Crippen molar-refractivity contribution in [3.8, 4) is 11.5 Å². The van der Waals surface area contributed by atoms with Crippen molar-refractivity contribution in [3.05, 3.63) is 57.8 Å². The van der Waals surface area contributed by atoms with Crippen LogP contribution in [-0.4, -0.2) is 67.6 Å². The molecule has 4 rings (SSSR count). The summed E-state index contributed by atoms with van der Waals surface area (Å²) in [6.07, 6.45) is 4.87. The van der Waals surface area contributed by atoms with Crippen molar-refractivity contribution in [3.63, 3.8) is 0 Å². The minimum absolute atomic E-state index is 0.0382. The minimum atomic E-state index is -0.745. The Labute approximate surface area is 216 Å². The highest BCUT2D eigenvalue weighted by Crippen LogP contribution is 2.43. The molecule has 1 saturated carbocycles. The summed E-state index contributed by atoms with van der Waals surface area (Å²) in [5.74, 6) is 0.794. The predicted octanol–water partition coefficient (Wildman–Crippen LogP) is 5.13. The molecule has 1 heterocycles. The molecule has 0 aromatic heterocycles. The molecule has 0 spiro atoms. The third kappa shape index (κ3) is 6.54. The predicted molar refractivity (Wildman–Crippen MR) is 137 cm³/mol. The lowest BCUT2D eigenvalue weighted by atomic mass is 9.72. The number of nitrogens with zero attached hydrogens (tertiary/aromatic N) is 2. The van der Waals surface area contributed by atoms with E-state index in [9.17, 15) is 9.50 Å². The Morgan fingerprint density at radius 2 is 1.74 bits per heavy atom. The maximum absolute atomic E-state index is 14.2. The van der Waals surface area contributed by atoms with E-state index in [0.29, 0.717) is 21.5 Å². The van der Waals surface area contributed by atoms with Crippen LogP contribution in [0.3, 0.4) is 0 Å². The van der Waals surface area contributed by atoms with Crippen molar-refractivity contribution >= 4 is 15.9 Å². The lowest BCUT2D eigenvalue weighted by Crippen LogP contribution is -2.50. The van der Waals surface area contributed by atoms with E-state index in [1.807, 2.05) is 23.3 Å². The van der Waals surface area contributed by atoms with Crippen LogP contribution in [0, 0.1) is 5.82 Å². The molecule has 1 atom stereocenters. The molecule has 35 heavy (non-hydrogen) atoms. The number of hydrogen-bond donors (Lipinski definition) is 1. The van der Waals surface area contributed by atoms with Crippen LogP contribution < -0.4 is 9.47 Å². The molecule has 2 aliphatic rings. The zero-order valence-electron chi connectivity index (χ0n) is 20.6. The van der Waals surface area contributed by atoms with Crippen LogP contribution in [0.2, 0.25) is 0 Å². The monoisotopic (exact) mass is 550 g/mol. The molecule has 0 bridgehead atoms. The van der Waals surface area contributed by atoms with Gasteiger partial charge < -0.3 is 19.4 Å². The van der Waals surface area contributed by atoms with E-state index in [0.717, 1.165) is 64.0 Å². The fourth-order valence-corrected chi connectivity index (χ4v) is 5.60. The average Bonchev–Trinajstić information content (AvgIpc) is 2.87. The fourth-order valence-electron chi connectivity index (χ4n) is 5.27. The van der Waals surface area contributed by atoms with Crippen molar-refractivity contribution in [1.29, 1.82) is 0 Å². The average molecular weight is 551 g/mol. The van der Waals surface area contributed by atoms with Crippen molar-refractivity contribution in [1.82, 2.24) is 9.96 Å². The van der Waals surface area contributed by atoms with Crippen LogP contribution in [-0.2, 0) is 11.4 Å². The summed E-state index contributed by atoms with van der Waals surface area (Å²) < 4.78 is 26.5. The standard InChI is InChI=1S/C27H36BrFN2O4/c1-33-26-16-20(7-9-25(26)35-19-21-6-8-22(28)17-24(21)29)23(27(32)10-4-3-5-11-27)18-30-12-14-31(34-2)15-13-30/h6-9,16-17,23,32H,3-5,10-15,18-19H2,1-2H3. The van der Waals surface area contributed by atoms with Crippen LogP contribution in [0.4, 0.5) is 4.39 Å². The molecule has 1 aliphatic heterocycles. The van der Waals surface area contributed by atoms with Gasteiger partial charge in [0.05, 0.1) is 19.8 Å². The molecule has 8 heteroatoms. The van der Waals surface area contributed by atoms with Gasteiger partial charge in [-0.1, -0.05) is 47.3 Å². The fraction of sp³-hybridized carbons (Fsp3) is 0.556. The van der Waals surface area contributed by atoms with Gasteiger partial charge in [-0.2, -0.15) is 5.06 Å². The quantitative estimate of drug-likeness (QED) is 0.467. The van der Waals surface area contributed by atoms with Crippen molar-refractivity contribution < 1.29 is 23.8 Å². The van der Waals surface area contributed by atoms with Gasteiger partial charge in [-0.25, -0.2) is 4.39 Å². The molecule has 2 fully saturated rings. The molecule has 1 N–H and O–H groups in total. The molecular weight excluding hydrogens is 515 g/mol. The van der Waals surface area contributed by atoms with Gasteiger partial charge >= 0.3 is 0 Å². The van der Waals surface area contributed by atoms with E-state index in [1.165, 1.54) is 12.5 Å². The van der Waals surface area contributed by atoms with E-state index in [4.69, 9.17) is 14.3 Å². The number of aliphatic hydroxyl groups is 1. The largest absolute Gasteiger partial charge is 0.493 e. The number of benzene rings is 2. The van der Waals surface area contributed by atoms with E-state index in [-0.39, 0.29) is 18.3 Å². The SMILES string of the molecule is COc1cc(C(CN2CCN(OC)CC2)C2(O)CCCCC2)ccc1OCc1ccc(Br)cc1F. The number of hydrogen-bond acceptors (Lipinski definition) is 6. The second kappa shape index (κ2) is 12.0. The molecule has 2 aromatic carbocycles.